The van der Waals surface area contributed by atoms with Crippen LogP contribution in [0.4, 0.5) is 0 Å². The minimum absolute atomic E-state index is 0. The van der Waals surface area contributed by atoms with Crippen LogP contribution in [0, 0.1) is 0 Å². The Morgan fingerprint density at radius 2 is 1.17 bits per heavy atom. The summed E-state index contributed by atoms with van der Waals surface area (Å²) < 4.78 is 0. The highest BCUT2D eigenvalue weighted by atomic mass is 35.5. The number of unbranched alkanes of at least 4 members (excludes halogenated alkanes) is 10. The summed E-state index contributed by atoms with van der Waals surface area (Å²) in [5.41, 5.74) is 5.35. The molecule has 0 aliphatic rings. The molecule has 18 heavy (non-hydrogen) atoms. The third kappa shape index (κ3) is 16.2. The smallest absolute Gasteiger partial charge is 0.0662 e. The van der Waals surface area contributed by atoms with E-state index in [0.717, 1.165) is 12.8 Å². The molecule has 3 N–H and O–H groups in total. The fourth-order valence-electron chi connectivity index (χ4n) is 2.16. The molecule has 0 aromatic rings. The lowest BCUT2D eigenvalue weighted by molar-refractivity contribution is 0.168. The lowest BCUT2D eigenvalue weighted by atomic mass is 10.0. The van der Waals surface area contributed by atoms with E-state index in [0.29, 0.717) is 6.54 Å². The second-order valence-electron chi connectivity index (χ2n) is 5.21. The van der Waals surface area contributed by atoms with Gasteiger partial charge in [0.15, 0.2) is 0 Å². The van der Waals surface area contributed by atoms with Crippen LogP contribution in [0.2, 0.25) is 0 Å². The van der Waals surface area contributed by atoms with Crippen molar-refractivity contribution in [2.75, 3.05) is 6.54 Å². The molecular formula is C15H34ClNO. The minimum Gasteiger partial charge on any atom is -0.392 e. The second-order valence-corrected chi connectivity index (χ2v) is 5.21. The summed E-state index contributed by atoms with van der Waals surface area (Å²) in [6.45, 7) is 2.68. The first-order chi connectivity index (χ1) is 8.31. The largest absolute Gasteiger partial charge is 0.392 e. The van der Waals surface area contributed by atoms with Crippen LogP contribution in [0.5, 0.6) is 0 Å². The number of hydrogen-bond acceptors (Lipinski definition) is 2. The van der Waals surface area contributed by atoms with Crippen molar-refractivity contribution in [3.05, 3.63) is 0 Å². The van der Waals surface area contributed by atoms with Crippen LogP contribution in [-0.4, -0.2) is 17.8 Å². The molecule has 0 saturated carbocycles. The number of nitrogens with two attached hydrogens (primary N) is 1. The molecule has 0 bridgehead atoms. The fourth-order valence-corrected chi connectivity index (χ4v) is 2.16. The fraction of sp³-hybridized carbons (Fsp3) is 1.00. The molecule has 0 saturated heterocycles. The molecular weight excluding hydrogens is 246 g/mol. The van der Waals surface area contributed by atoms with Crippen molar-refractivity contribution in [1.82, 2.24) is 0 Å². The summed E-state index contributed by atoms with van der Waals surface area (Å²) in [6.07, 6.45) is 15.5. The molecule has 0 radical (unpaired) electrons. The van der Waals surface area contributed by atoms with E-state index in [-0.39, 0.29) is 18.5 Å². The first-order valence-corrected chi connectivity index (χ1v) is 7.69. The average molecular weight is 280 g/mol. The van der Waals surface area contributed by atoms with Crippen LogP contribution in [0.3, 0.4) is 0 Å². The highest BCUT2D eigenvalue weighted by Crippen LogP contribution is 2.12. The number of aliphatic hydroxyl groups is 1. The Morgan fingerprint density at radius 1 is 0.778 bits per heavy atom. The van der Waals surface area contributed by atoms with Crippen LogP contribution < -0.4 is 5.73 Å². The van der Waals surface area contributed by atoms with Crippen molar-refractivity contribution in [1.29, 1.82) is 0 Å². The minimum atomic E-state index is -0.270. The average Bonchev–Trinajstić information content (AvgIpc) is 2.35. The van der Waals surface area contributed by atoms with E-state index in [2.05, 4.69) is 6.92 Å². The normalized spacial score (nSPS) is 12.2. The van der Waals surface area contributed by atoms with E-state index in [1.54, 1.807) is 0 Å². The molecule has 0 aromatic heterocycles. The quantitative estimate of drug-likeness (QED) is 0.490. The standard InChI is InChI=1S/C15H33NO.ClH/c1-2-3-4-5-6-7-8-9-10-11-12-13-15(17)14-16;/h15,17H,2-14,16H2,1H3;1H. The molecule has 0 aliphatic heterocycles. The molecule has 0 amide bonds. The van der Waals surface area contributed by atoms with Crippen molar-refractivity contribution in [3.63, 3.8) is 0 Å². The van der Waals surface area contributed by atoms with Crippen LogP contribution in [0.25, 0.3) is 0 Å². The number of rotatable bonds is 13. The van der Waals surface area contributed by atoms with E-state index >= 15 is 0 Å². The van der Waals surface area contributed by atoms with E-state index in [1.165, 1.54) is 64.2 Å². The maximum Gasteiger partial charge on any atom is 0.0662 e. The van der Waals surface area contributed by atoms with Gasteiger partial charge in [0.2, 0.25) is 0 Å². The Balaban J connectivity index is 0. The van der Waals surface area contributed by atoms with E-state index < -0.39 is 0 Å². The molecule has 0 aromatic carbocycles. The predicted molar refractivity (Wildman–Crippen MR) is 83.4 cm³/mol. The van der Waals surface area contributed by atoms with Gasteiger partial charge >= 0.3 is 0 Å². The van der Waals surface area contributed by atoms with E-state index in [4.69, 9.17) is 5.73 Å². The van der Waals surface area contributed by atoms with Gasteiger partial charge in [0, 0.05) is 6.54 Å². The van der Waals surface area contributed by atoms with Gasteiger partial charge in [-0.3, -0.25) is 0 Å². The molecule has 0 fully saturated rings. The molecule has 1 atom stereocenters. The Morgan fingerprint density at radius 3 is 1.56 bits per heavy atom. The van der Waals surface area contributed by atoms with Crippen molar-refractivity contribution in [2.45, 2.75) is 90.1 Å². The summed E-state index contributed by atoms with van der Waals surface area (Å²) in [5, 5.41) is 9.28. The molecule has 0 rings (SSSR count). The molecule has 0 aliphatic carbocycles. The zero-order valence-corrected chi connectivity index (χ0v) is 13.0. The third-order valence-electron chi connectivity index (χ3n) is 3.41. The van der Waals surface area contributed by atoms with Gasteiger partial charge in [-0.25, -0.2) is 0 Å². The first-order valence-electron chi connectivity index (χ1n) is 7.69. The number of halogens is 1. The summed E-state index contributed by atoms with van der Waals surface area (Å²) in [7, 11) is 0. The highest BCUT2D eigenvalue weighted by molar-refractivity contribution is 5.85. The molecule has 0 spiro atoms. The molecule has 0 heterocycles. The van der Waals surface area contributed by atoms with Gasteiger partial charge in [-0.1, -0.05) is 77.6 Å². The SMILES string of the molecule is CCCCCCCCCCCCCC(O)CN.Cl. The third-order valence-corrected chi connectivity index (χ3v) is 3.41. The van der Waals surface area contributed by atoms with Crippen LogP contribution >= 0.6 is 12.4 Å². The zero-order chi connectivity index (χ0) is 12.8. The second kappa shape index (κ2) is 17.2. The van der Waals surface area contributed by atoms with E-state index in [9.17, 15) is 5.11 Å². The van der Waals surface area contributed by atoms with Gasteiger partial charge in [0.05, 0.1) is 6.10 Å². The van der Waals surface area contributed by atoms with Gasteiger partial charge in [-0.05, 0) is 6.42 Å². The van der Waals surface area contributed by atoms with Crippen molar-refractivity contribution < 1.29 is 5.11 Å². The van der Waals surface area contributed by atoms with Crippen molar-refractivity contribution >= 4 is 12.4 Å². The van der Waals surface area contributed by atoms with Gasteiger partial charge in [0.1, 0.15) is 0 Å². The molecule has 2 nitrogen and oxygen atoms in total. The van der Waals surface area contributed by atoms with Crippen molar-refractivity contribution in [3.8, 4) is 0 Å². The van der Waals surface area contributed by atoms with E-state index in [1.807, 2.05) is 0 Å². The van der Waals surface area contributed by atoms with Crippen molar-refractivity contribution in [2.24, 2.45) is 5.73 Å². The highest BCUT2D eigenvalue weighted by Gasteiger charge is 1.99. The van der Waals surface area contributed by atoms with Gasteiger partial charge in [-0.2, -0.15) is 0 Å². The van der Waals surface area contributed by atoms with Crippen LogP contribution in [0.1, 0.15) is 84.0 Å². The lowest BCUT2D eigenvalue weighted by Gasteiger charge is -2.06. The molecule has 1 unspecified atom stereocenters. The Labute approximate surface area is 120 Å². The first kappa shape index (κ1) is 20.5. The van der Waals surface area contributed by atoms with Gasteiger partial charge < -0.3 is 10.8 Å². The number of hydrogen-bond donors (Lipinski definition) is 2. The van der Waals surface area contributed by atoms with Crippen LogP contribution in [-0.2, 0) is 0 Å². The number of aliphatic hydroxyl groups excluding tert-OH is 1. The topological polar surface area (TPSA) is 46.2 Å². The summed E-state index contributed by atoms with van der Waals surface area (Å²) in [4.78, 5) is 0. The Hall–Kier alpha value is 0.210. The van der Waals surface area contributed by atoms with Gasteiger partial charge in [0.25, 0.3) is 0 Å². The monoisotopic (exact) mass is 279 g/mol. The summed E-state index contributed by atoms with van der Waals surface area (Å²) >= 11 is 0. The Kier molecular flexibility index (Phi) is 19.6. The summed E-state index contributed by atoms with van der Waals surface area (Å²) in [5.74, 6) is 0. The predicted octanol–water partition coefficient (Wildman–Crippen LogP) is 4.43. The Bertz CT molecular complexity index is 144. The van der Waals surface area contributed by atoms with Gasteiger partial charge in [-0.15, -0.1) is 12.4 Å². The maximum atomic E-state index is 9.28. The maximum absolute atomic E-state index is 9.28. The zero-order valence-electron chi connectivity index (χ0n) is 12.2. The molecule has 3 heteroatoms. The lowest BCUT2D eigenvalue weighted by Crippen LogP contribution is -2.19. The summed E-state index contributed by atoms with van der Waals surface area (Å²) in [6, 6.07) is 0. The van der Waals surface area contributed by atoms with Crippen LogP contribution in [0.15, 0.2) is 0 Å². The molecule has 112 valence electrons.